The Labute approximate surface area is 182 Å². The Morgan fingerprint density at radius 3 is 2.35 bits per heavy atom. The van der Waals surface area contributed by atoms with Crippen LogP contribution < -0.4 is 16.0 Å². The van der Waals surface area contributed by atoms with Crippen LogP contribution in [0.5, 0.6) is 0 Å². The van der Waals surface area contributed by atoms with E-state index in [1.54, 1.807) is 13.1 Å². The first-order valence-electron chi connectivity index (χ1n) is 10.9. The Morgan fingerprint density at radius 1 is 0.935 bits per heavy atom. The molecule has 1 aliphatic carbocycles. The normalized spacial score (nSPS) is 18.9. The highest BCUT2D eigenvalue weighted by Crippen LogP contribution is 2.22. The van der Waals surface area contributed by atoms with Crippen molar-refractivity contribution < 1.29 is 9.59 Å². The van der Waals surface area contributed by atoms with Crippen molar-refractivity contribution in [1.29, 1.82) is 0 Å². The zero-order valence-electron chi connectivity index (χ0n) is 17.7. The third-order valence-electron chi connectivity index (χ3n) is 5.81. The summed E-state index contributed by atoms with van der Waals surface area (Å²) in [4.78, 5) is 29.7. The van der Waals surface area contributed by atoms with Crippen molar-refractivity contribution in [2.75, 3.05) is 5.32 Å². The van der Waals surface area contributed by atoms with Gasteiger partial charge in [-0.3, -0.25) is 14.6 Å². The lowest BCUT2D eigenvalue weighted by Crippen LogP contribution is -2.36. The van der Waals surface area contributed by atoms with Crippen molar-refractivity contribution in [2.45, 2.75) is 51.1 Å². The molecule has 1 atom stereocenters. The van der Waals surface area contributed by atoms with Crippen molar-refractivity contribution in [3.63, 3.8) is 0 Å². The maximum Gasteiger partial charge on any atom is 0.273 e. The molecule has 4 rings (SSSR count). The number of aliphatic imine (C=N–C) groups is 1. The van der Waals surface area contributed by atoms with Crippen LogP contribution in [0.15, 0.2) is 71.0 Å². The van der Waals surface area contributed by atoms with Crippen LogP contribution in [0.2, 0.25) is 0 Å². The van der Waals surface area contributed by atoms with Gasteiger partial charge in [0.2, 0.25) is 0 Å². The van der Waals surface area contributed by atoms with Gasteiger partial charge in [-0.1, -0.05) is 49.6 Å². The molecule has 3 N–H and O–H groups in total. The summed E-state index contributed by atoms with van der Waals surface area (Å²) in [7, 11) is 0. The standard InChI is InChI=1S/C25H28N4O2/c1-17-23(25(31)28-21-10-6-3-7-11-21)29-22(16-26-17)18-12-14-19(15-13-18)24(30)27-20-8-4-2-5-9-20/h3,6-7,10-16,20,22,29H,2,4-5,8-9H2,1H3,(H,27,30)(H,28,31). The van der Waals surface area contributed by atoms with Crippen LogP contribution in [0.4, 0.5) is 5.69 Å². The number of benzene rings is 2. The number of carbonyl (C=O) groups excluding carboxylic acids is 2. The third kappa shape index (κ3) is 5.20. The zero-order valence-corrected chi connectivity index (χ0v) is 17.7. The molecule has 1 unspecified atom stereocenters. The number of amides is 2. The fraction of sp³-hybridized carbons (Fsp3) is 0.320. The molecule has 2 aromatic carbocycles. The average Bonchev–Trinajstić information content (AvgIpc) is 2.81. The lowest BCUT2D eigenvalue weighted by molar-refractivity contribution is -0.113. The molecule has 6 nitrogen and oxygen atoms in total. The van der Waals surface area contributed by atoms with E-state index in [0.717, 1.165) is 24.1 Å². The van der Waals surface area contributed by atoms with Gasteiger partial charge in [0.25, 0.3) is 11.8 Å². The molecule has 160 valence electrons. The van der Waals surface area contributed by atoms with E-state index in [2.05, 4.69) is 20.9 Å². The van der Waals surface area contributed by atoms with Gasteiger partial charge in [-0.25, -0.2) is 0 Å². The number of allylic oxidation sites excluding steroid dienone is 1. The highest BCUT2D eigenvalue weighted by Gasteiger charge is 2.22. The number of hydrogen-bond donors (Lipinski definition) is 3. The van der Waals surface area contributed by atoms with Gasteiger partial charge in [0.15, 0.2) is 0 Å². The molecule has 6 heteroatoms. The van der Waals surface area contributed by atoms with Crippen LogP contribution in [0.3, 0.4) is 0 Å². The fourth-order valence-corrected chi connectivity index (χ4v) is 4.02. The Bertz CT molecular complexity index is 990. The van der Waals surface area contributed by atoms with Crippen molar-refractivity contribution in [1.82, 2.24) is 10.6 Å². The second kappa shape index (κ2) is 9.60. The minimum atomic E-state index is -0.240. The van der Waals surface area contributed by atoms with Gasteiger partial charge in [0.1, 0.15) is 5.70 Å². The summed E-state index contributed by atoms with van der Waals surface area (Å²) in [6.07, 6.45) is 7.53. The molecule has 1 heterocycles. The maximum atomic E-state index is 12.7. The minimum absolute atomic E-state index is 0.0256. The molecule has 0 aromatic heterocycles. The van der Waals surface area contributed by atoms with E-state index in [1.807, 2.05) is 54.6 Å². The first-order chi connectivity index (χ1) is 15.1. The van der Waals surface area contributed by atoms with Gasteiger partial charge in [-0.2, -0.15) is 0 Å². The second-order valence-electron chi connectivity index (χ2n) is 8.11. The number of anilines is 1. The summed E-state index contributed by atoms with van der Waals surface area (Å²) in [5.41, 5.74) is 3.39. The molecule has 2 amide bonds. The van der Waals surface area contributed by atoms with Gasteiger partial charge in [0.05, 0.1) is 11.7 Å². The third-order valence-corrected chi connectivity index (χ3v) is 5.81. The van der Waals surface area contributed by atoms with Gasteiger partial charge in [-0.15, -0.1) is 0 Å². The minimum Gasteiger partial charge on any atom is -0.367 e. The van der Waals surface area contributed by atoms with Crippen molar-refractivity contribution in [3.05, 3.63) is 77.1 Å². The predicted octanol–water partition coefficient (Wildman–Crippen LogP) is 4.33. The van der Waals surface area contributed by atoms with E-state index >= 15 is 0 Å². The summed E-state index contributed by atoms with van der Waals surface area (Å²) >= 11 is 0. The first-order valence-corrected chi connectivity index (χ1v) is 10.9. The van der Waals surface area contributed by atoms with Crippen LogP contribution in [0.25, 0.3) is 0 Å². The lowest BCUT2D eigenvalue weighted by Gasteiger charge is -2.24. The highest BCUT2D eigenvalue weighted by molar-refractivity contribution is 6.04. The topological polar surface area (TPSA) is 82.6 Å². The Hall–Kier alpha value is -3.41. The monoisotopic (exact) mass is 416 g/mol. The summed E-state index contributed by atoms with van der Waals surface area (Å²) in [5, 5.41) is 9.31. The molecule has 0 saturated heterocycles. The molecule has 1 saturated carbocycles. The molecule has 31 heavy (non-hydrogen) atoms. The molecular weight excluding hydrogens is 388 g/mol. The Morgan fingerprint density at radius 2 is 1.65 bits per heavy atom. The number of para-hydroxylation sites is 1. The van der Waals surface area contributed by atoms with Crippen molar-refractivity contribution >= 4 is 23.7 Å². The van der Waals surface area contributed by atoms with E-state index in [4.69, 9.17) is 0 Å². The molecule has 0 radical (unpaired) electrons. The average molecular weight is 417 g/mol. The summed E-state index contributed by atoms with van der Waals surface area (Å²) < 4.78 is 0. The van der Waals surface area contributed by atoms with E-state index in [-0.39, 0.29) is 23.9 Å². The summed E-state index contributed by atoms with van der Waals surface area (Å²) in [6.45, 7) is 1.80. The van der Waals surface area contributed by atoms with Crippen molar-refractivity contribution in [2.24, 2.45) is 4.99 Å². The van der Waals surface area contributed by atoms with Crippen LogP contribution in [-0.2, 0) is 4.79 Å². The van der Waals surface area contributed by atoms with Gasteiger partial charge in [0, 0.05) is 23.5 Å². The van der Waals surface area contributed by atoms with E-state index in [0.29, 0.717) is 17.0 Å². The number of hydrogen-bond acceptors (Lipinski definition) is 4. The SMILES string of the molecule is CC1=C(C(=O)Nc2ccccc2)NC(c2ccc(C(=O)NC3CCCCC3)cc2)C=N1. The smallest absolute Gasteiger partial charge is 0.273 e. The molecule has 2 aromatic rings. The summed E-state index contributed by atoms with van der Waals surface area (Å²) in [6, 6.07) is 16.9. The van der Waals surface area contributed by atoms with Gasteiger partial charge < -0.3 is 16.0 Å². The van der Waals surface area contributed by atoms with E-state index in [9.17, 15) is 9.59 Å². The number of nitrogens with one attached hydrogen (secondary N) is 3. The van der Waals surface area contributed by atoms with Crippen LogP contribution in [-0.4, -0.2) is 24.1 Å². The molecule has 0 spiro atoms. The highest BCUT2D eigenvalue weighted by atomic mass is 16.2. The fourth-order valence-electron chi connectivity index (χ4n) is 4.02. The first kappa shape index (κ1) is 20.8. The Kier molecular flexibility index (Phi) is 6.46. The number of carbonyl (C=O) groups is 2. The van der Waals surface area contributed by atoms with E-state index < -0.39 is 0 Å². The van der Waals surface area contributed by atoms with Crippen molar-refractivity contribution in [3.8, 4) is 0 Å². The molecule has 0 bridgehead atoms. The van der Waals surface area contributed by atoms with Crippen LogP contribution >= 0.6 is 0 Å². The van der Waals surface area contributed by atoms with Crippen LogP contribution in [0.1, 0.15) is 61.0 Å². The maximum absolute atomic E-state index is 12.7. The molecule has 1 fully saturated rings. The number of rotatable bonds is 5. The predicted molar refractivity (Wildman–Crippen MR) is 123 cm³/mol. The zero-order chi connectivity index (χ0) is 21.6. The van der Waals surface area contributed by atoms with Crippen LogP contribution in [0, 0.1) is 0 Å². The molecule has 1 aliphatic heterocycles. The quantitative estimate of drug-likeness (QED) is 0.678. The van der Waals surface area contributed by atoms with Gasteiger partial charge in [-0.05, 0) is 49.6 Å². The molecule has 2 aliphatic rings. The van der Waals surface area contributed by atoms with E-state index in [1.165, 1.54) is 19.3 Å². The van der Waals surface area contributed by atoms with Gasteiger partial charge >= 0.3 is 0 Å². The Balaban J connectivity index is 1.40. The lowest BCUT2D eigenvalue weighted by atomic mass is 9.95. The summed E-state index contributed by atoms with van der Waals surface area (Å²) in [5.74, 6) is -0.253. The largest absolute Gasteiger partial charge is 0.367 e. The molecular formula is C25H28N4O2. The number of nitrogens with zero attached hydrogens (tertiary/aromatic N) is 1. The second-order valence-corrected chi connectivity index (χ2v) is 8.11.